The van der Waals surface area contributed by atoms with Gasteiger partial charge in [0.25, 0.3) is 0 Å². The molecule has 0 radical (unpaired) electrons. The number of nitrogens with zero attached hydrogens (tertiary/aromatic N) is 3. The van der Waals surface area contributed by atoms with E-state index in [2.05, 4.69) is 26.8 Å². The fourth-order valence-electron chi connectivity index (χ4n) is 1.76. The van der Waals surface area contributed by atoms with Gasteiger partial charge in [-0.15, -0.1) is 0 Å². The summed E-state index contributed by atoms with van der Waals surface area (Å²) < 4.78 is 0. The van der Waals surface area contributed by atoms with Crippen LogP contribution in [-0.2, 0) is 0 Å². The number of nitrogens with one attached hydrogen (secondary N) is 2. The third-order valence-electron chi connectivity index (χ3n) is 2.63. The third-order valence-corrected chi connectivity index (χ3v) is 2.63. The lowest BCUT2D eigenvalue weighted by molar-refractivity contribution is 1.07. The van der Waals surface area contributed by atoms with Crippen LogP contribution < -0.4 is 16.6 Å². The molecule has 1 aromatic heterocycles. The van der Waals surface area contributed by atoms with Gasteiger partial charge in [-0.2, -0.15) is 10.2 Å². The Labute approximate surface area is 111 Å². The summed E-state index contributed by atoms with van der Waals surface area (Å²) >= 11 is 0. The molecule has 0 saturated heterocycles. The summed E-state index contributed by atoms with van der Waals surface area (Å²) in [5, 5.41) is 12.3. The maximum absolute atomic E-state index is 9.18. The summed E-state index contributed by atoms with van der Waals surface area (Å²) in [6, 6.07) is 9.57. The Kier molecular flexibility index (Phi) is 3.59. The highest BCUT2D eigenvalue weighted by Gasteiger charge is 2.07. The summed E-state index contributed by atoms with van der Waals surface area (Å²) in [7, 11) is 0. The van der Waals surface area contributed by atoms with E-state index in [1.165, 1.54) is 0 Å². The number of nitrogens with two attached hydrogens (primary N) is 1. The van der Waals surface area contributed by atoms with Crippen LogP contribution in [0.4, 0.5) is 17.5 Å². The van der Waals surface area contributed by atoms with E-state index in [-0.39, 0.29) is 0 Å². The highest BCUT2D eigenvalue weighted by atomic mass is 15.3. The third kappa shape index (κ3) is 2.78. The number of aromatic nitrogens is 2. The van der Waals surface area contributed by atoms with Gasteiger partial charge in [-0.25, -0.2) is 10.8 Å². The highest BCUT2D eigenvalue weighted by molar-refractivity contribution is 5.67. The van der Waals surface area contributed by atoms with Crippen molar-refractivity contribution < 1.29 is 0 Å². The molecule has 96 valence electrons. The van der Waals surface area contributed by atoms with Gasteiger partial charge in [-0.05, 0) is 25.5 Å². The SMILES string of the molecule is Cc1cc(Nc2cccc(C)c2C#N)nc(NN)n1. The highest BCUT2D eigenvalue weighted by Crippen LogP contribution is 2.22. The Hall–Kier alpha value is -2.65. The van der Waals surface area contributed by atoms with E-state index in [1.54, 1.807) is 6.07 Å². The number of nitrogen functional groups attached to an aromatic ring is 1. The molecular formula is C13H14N6. The molecule has 0 atom stereocenters. The second kappa shape index (κ2) is 5.33. The van der Waals surface area contributed by atoms with Crippen LogP contribution in [0.5, 0.6) is 0 Å². The molecule has 0 aliphatic rings. The summed E-state index contributed by atoms with van der Waals surface area (Å²) in [6.07, 6.45) is 0. The van der Waals surface area contributed by atoms with Gasteiger partial charge in [0.15, 0.2) is 0 Å². The van der Waals surface area contributed by atoms with Crippen LogP contribution in [0.25, 0.3) is 0 Å². The zero-order valence-electron chi connectivity index (χ0n) is 10.7. The smallest absolute Gasteiger partial charge is 0.239 e. The molecule has 2 rings (SSSR count). The van der Waals surface area contributed by atoms with Crippen LogP contribution in [0.2, 0.25) is 0 Å². The van der Waals surface area contributed by atoms with E-state index in [9.17, 15) is 5.26 Å². The lowest BCUT2D eigenvalue weighted by Crippen LogP contribution is -2.12. The van der Waals surface area contributed by atoms with Gasteiger partial charge in [0.1, 0.15) is 11.9 Å². The fraction of sp³-hybridized carbons (Fsp3) is 0.154. The topological polar surface area (TPSA) is 99.7 Å². The minimum Gasteiger partial charge on any atom is -0.339 e. The van der Waals surface area contributed by atoms with E-state index in [0.29, 0.717) is 23.0 Å². The number of hydrogen-bond donors (Lipinski definition) is 3. The number of benzene rings is 1. The van der Waals surface area contributed by atoms with E-state index in [1.807, 2.05) is 32.0 Å². The molecule has 0 bridgehead atoms. The van der Waals surface area contributed by atoms with Crippen molar-refractivity contribution in [1.82, 2.24) is 9.97 Å². The maximum atomic E-state index is 9.18. The van der Waals surface area contributed by atoms with Gasteiger partial charge in [0.2, 0.25) is 5.95 Å². The number of aryl methyl sites for hydroxylation is 2. The van der Waals surface area contributed by atoms with Crippen molar-refractivity contribution in [3.05, 3.63) is 41.1 Å². The van der Waals surface area contributed by atoms with Crippen molar-refractivity contribution in [2.75, 3.05) is 10.7 Å². The number of anilines is 3. The molecule has 0 aliphatic carbocycles. The fourth-order valence-corrected chi connectivity index (χ4v) is 1.76. The number of nitriles is 1. The van der Waals surface area contributed by atoms with Crippen molar-refractivity contribution in [1.29, 1.82) is 5.26 Å². The molecule has 0 spiro atoms. The molecule has 0 saturated carbocycles. The molecule has 0 aliphatic heterocycles. The van der Waals surface area contributed by atoms with Crippen molar-refractivity contribution in [2.24, 2.45) is 5.84 Å². The van der Waals surface area contributed by atoms with Crippen molar-refractivity contribution in [3.8, 4) is 6.07 Å². The zero-order chi connectivity index (χ0) is 13.8. The summed E-state index contributed by atoms with van der Waals surface area (Å²) in [5.74, 6) is 6.22. The van der Waals surface area contributed by atoms with Gasteiger partial charge < -0.3 is 5.32 Å². The van der Waals surface area contributed by atoms with Crippen LogP contribution in [0.1, 0.15) is 16.8 Å². The molecule has 1 aromatic carbocycles. The van der Waals surface area contributed by atoms with E-state index < -0.39 is 0 Å². The minimum absolute atomic E-state index is 0.327. The van der Waals surface area contributed by atoms with E-state index >= 15 is 0 Å². The number of hydrazine groups is 1. The predicted molar refractivity (Wildman–Crippen MR) is 73.8 cm³/mol. The van der Waals surface area contributed by atoms with Crippen molar-refractivity contribution in [3.63, 3.8) is 0 Å². The van der Waals surface area contributed by atoms with E-state index in [4.69, 9.17) is 5.84 Å². The Morgan fingerprint density at radius 2 is 2.05 bits per heavy atom. The molecule has 0 unspecified atom stereocenters. The first-order chi connectivity index (χ1) is 9.13. The molecule has 4 N–H and O–H groups in total. The van der Waals surface area contributed by atoms with Gasteiger partial charge in [-0.3, -0.25) is 5.43 Å². The lowest BCUT2D eigenvalue weighted by Gasteiger charge is -2.10. The predicted octanol–water partition coefficient (Wildman–Crippen LogP) is 1.99. The van der Waals surface area contributed by atoms with Crippen LogP contribution in [-0.4, -0.2) is 9.97 Å². The number of rotatable bonds is 3. The molecule has 1 heterocycles. The molecule has 0 fully saturated rings. The van der Waals surface area contributed by atoms with Gasteiger partial charge >= 0.3 is 0 Å². The first kappa shape index (κ1) is 12.8. The molecule has 2 aromatic rings. The van der Waals surface area contributed by atoms with Crippen LogP contribution in [0, 0.1) is 25.2 Å². The second-order valence-corrected chi connectivity index (χ2v) is 4.10. The molecule has 6 heteroatoms. The minimum atomic E-state index is 0.327. The van der Waals surface area contributed by atoms with Crippen LogP contribution in [0.15, 0.2) is 24.3 Å². The standard InChI is InChI=1S/C13H14N6/c1-8-4-3-5-11(10(8)7-14)17-12-6-9(2)16-13(18-12)19-15/h3-6H,15H2,1-2H3,(H2,16,17,18,19). The molecular weight excluding hydrogens is 240 g/mol. The molecule has 6 nitrogen and oxygen atoms in total. The first-order valence-electron chi connectivity index (χ1n) is 5.73. The van der Waals surface area contributed by atoms with Gasteiger partial charge in [0, 0.05) is 11.8 Å². The quantitative estimate of drug-likeness (QED) is 0.572. The summed E-state index contributed by atoms with van der Waals surface area (Å²) in [4.78, 5) is 8.29. The largest absolute Gasteiger partial charge is 0.339 e. The van der Waals surface area contributed by atoms with Crippen LogP contribution in [0.3, 0.4) is 0 Å². The lowest BCUT2D eigenvalue weighted by atomic mass is 10.1. The normalized spacial score (nSPS) is 9.79. The molecule has 19 heavy (non-hydrogen) atoms. The monoisotopic (exact) mass is 254 g/mol. The Balaban J connectivity index is 2.39. The zero-order valence-corrected chi connectivity index (χ0v) is 10.7. The van der Waals surface area contributed by atoms with Crippen molar-refractivity contribution in [2.45, 2.75) is 13.8 Å². The summed E-state index contributed by atoms with van der Waals surface area (Å²) in [5.41, 5.74) is 5.40. The second-order valence-electron chi connectivity index (χ2n) is 4.10. The Morgan fingerprint density at radius 3 is 2.74 bits per heavy atom. The molecule has 0 amide bonds. The number of hydrogen-bond acceptors (Lipinski definition) is 6. The van der Waals surface area contributed by atoms with E-state index in [0.717, 1.165) is 11.3 Å². The first-order valence-corrected chi connectivity index (χ1v) is 5.73. The Morgan fingerprint density at radius 1 is 1.26 bits per heavy atom. The van der Waals surface area contributed by atoms with Gasteiger partial charge in [-0.1, -0.05) is 12.1 Å². The summed E-state index contributed by atoms with van der Waals surface area (Å²) in [6.45, 7) is 3.73. The van der Waals surface area contributed by atoms with Crippen LogP contribution >= 0.6 is 0 Å². The average molecular weight is 254 g/mol. The van der Waals surface area contributed by atoms with Crippen molar-refractivity contribution >= 4 is 17.5 Å². The van der Waals surface area contributed by atoms with Gasteiger partial charge in [0.05, 0.1) is 11.3 Å². The maximum Gasteiger partial charge on any atom is 0.239 e. The average Bonchev–Trinajstić information content (AvgIpc) is 2.38. The Bertz CT molecular complexity index is 644.